The minimum atomic E-state index is 0.0505. The quantitative estimate of drug-likeness (QED) is 0.702. The number of aromatic nitrogens is 2. The molecular formula is C20H20ClN3O. The Morgan fingerprint density at radius 3 is 2.68 bits per heavy atom. The summed E-state index contributed by atoms with van der Waals surface area (Å²) in [4.78, 5) is 12.0. The maximum absolute atomic E-state index is 12.0. The Morgan fingerprint density at radius 2 is 1.88 bits per heavy atom. The maximum Gasteiger partial charge on any atom is 0.220 e. The minimum absolute atomic E-state index is 0.0505. The van der Waals surface area contributed by atoms with Gasteiger partial charge in [0.1, 0.15) is 0 Å². The highest BCUT2D eigenvalue weighted by Crippen LogP contribution is 2.11. The van der Waals surface area contributed by atoms with E-state index in [1.54, 1.807) is 0 Å². The Morgan fingerprint density at radius 1 is 1.04 bits per heavy atom. The smallest absolute Gasteiger partial charge is 0.220 e. The van der Waals surface area contributed by atoms with Gasteiger partial charge in [0, 0.05) is 24.2 Å². The van der Waals surface area contributed by atoms with Crippen LogP contribution in [0.1, 0.15) is 17.5 Å². The van der Waals surface area contributed by atoms with Crippen molar-refractivity contribution in [2.24, 2.45) is 0 Å². The summed E-state index contributed by atoms with van der Waals surface area (Å²) in [6, 6.07) is 17.6. The number of halogens is 1. The molecule has 3 aromatic rings. The van der Waals surface area contributed by atoms with Crippen molar-refractivity contribution in [1.29, 1.82) is 0 Å². The van der Waals surface area contributed by atoms with Crippen LogP contribution in [-0.2, 0) is 17.6 Å². The van der Waals surface area contributed by atoms with Crippen molar-refractivity contribution in [3.63, 3.8) is 0 Å². The molecule has 1 aromatic heterocycles. The number of nitrogens with zero attached hydrogens (tertiary/aromatic N) is 2. The number of rotatable bonds is 7. The highest BCUT2D eigenvalue weighted by Gasteiger charge is 2.05. The first-order valence-corrected chi connectivity index (χ1v) is 8.68. The largest absolute Gasteiger partial charge is 0.356 e. The topological polar surface area (TPSA) is 46.9 Å². The Kier molecular flexibility index (Phi) is 5.86. The van der Waals surface area contributed by atoms with Gasteiger partial charge in [-0.1, -0.05) is 41.9 Å². The fourth-order valence-electron chi connectivity index (χ4n) is 2.60. The molecule has 0 aliphatic heterocycles. The molecule has 2 aromatic carbocycles. The predicted octanol–water partition coefficient (Wildman–Crippen LogP) is 3.82. The van der Waals surface area contributed by atoms with Crippen molar-refractivity contribution >= 4 is 17.5 Å². The number of hydrogen-bond donors (Lipinski definition) is 1. The van der Waals surface area contributed by atoms with E-state index in [-0.39, 0.29) is 5.91 Å². The standard InChI is InChI=1S/C20H20ClN3O/c21-18-6-4-5-16(13-18)11-12-22-20(25)10-9-17-14-23-24(15-17)19-7-2-1-3-8-19/h1-8,13-15H,9-12H2,(H,22,25). The summed E-state index contributed by atoms with van der Waals surface area (Å²) >= 11 is 5.95. The van der Waals surface area contributed by atoms with Crippen LogP contribution in [0.5, 0.6) is 0 Å². The van der Waals surface area contributed by atoms with Gasteiger partial charge in [0.15, 0.2) is 0 Å². The van der Waals surface area contributed by atoms with E-state index in [2.05, 4.69) is 10.4 Å². The van der Waals surface area contributed by atoms with Gasteiger partial charge >= 0.3 is 0 Å². The molecule has 1 N–H and O–H groups in total. The summed E-state index contributed by atoms with van der Waals surface area (Å²) in [5, 5.41) is 8.02. The van der Waals surface area contributed by atoms with Crippen LogP contribution in [0.3, 0.4) is 0 Å². The van der Waals surface area contributed by atoms with Gasteiger partial charge in [-0.15, -0.1) is 0 Å². The van der Waals surface area contributed by atoms with Gasteiger partial charge in [-0.2, -0.15) is 5.10 Å². The molecule has 0 spiro atoms. The van der Waals surface area contributed by atoms with E-state index in [0.29, 0.717) is 19.4 Å². The van der Waals surface area contributed by atoms with E-state index in [9.17, 15) is 4.79 Å². The Hall–Kier alpha value is -2.59. The maximum atomic E-state index is 12.0. The molecule has 1 amide bonds. The summed E-state index contributed by atoms with van der Waals surface area (Å²) < 4.78 is 1.83. The Balaban J connectivity index is 1.43. The van der Waals surface area contributed by atoms with E-state index in [4.69, 9.17) is 11.6 Å². The second kappa shape index (κ2) is 8.49. The van der Waals surface area contributed by atoms with Crippen molar-refractivity contribution < 1.29 is 4.79 Å². The van der Waals surface area contributed by atoms with Crippen LogP contribution in [0.25, 0.3) is 5.69 Å². The Bertz CT molecular complexity index is 830. The van der Waals surface area contributed by atoms with Crippen LogP contribution < -0.4 is 5.32 Å². The van der Waals surface area contributed by atoms with Gasteiger partial charge in [-0.05, 0) is 48.2 Å². The summed E-state index contributed by atoms with van der Waals surface area (Å²) in [5.74, 6) is 0.0505. The van der Waals surface area contributed by atoms with Crippen LogP contribution in [0.4, 0.5) is 0 Å². The van der Waals surface area contributed by atoms with Crippen LogP contribution in [0.15, 0.2) is 67.0 Å². The fraction of sp³-hybridized carbons (Fsp3) is 0.200. The molecule has 0 radical (unpaired) electrons. The number of hydrogen-bond acceptors (Lipinski definition) is 2. The monoisotopic (exact) mass is 353 g/mol. The van der Waals surface area contributed by atoms with Crippen molar-refractivity contribution in [2.75, 3.05) is 6.54 Å². The third kappa shape index (κ3) is 5.19. The van der Waals surface area contributed by atoms with Crippen LogP contribution in [-0.4, -0.2) is 22.2 Å². The predicted molar refractivity (Wildman–Crippen MR) is 100 cm³/mol. The van der Waals surface area contributed by atoms with Gasteiger partial charge in [-0.3, -0.25) is 4.79 Å². The number of aryl methyl sites for hydroxylation is 1. The molecule has 0 saturated carbocycles. The lowest BCUT2D eigenvalue weighted by atomic mass is 10.1. The number of para-hydroxylation sites is 1. The SMILES string of the molecule is O=C(CCc1cnn(-c2ccccc2)c1)NCCc1cccc(Cl)c1. The summed E-state index contributed by atoms with van der Waals surface area (Å²) in [7, 11) is 0. The van der Waals surface area contributed by atoms with Gasteiger partial charge in [0.25, 0.3) is 0 Å². The molecule has 5 heteroatoms. The third-order valence-corrected chi connectivity index (χ3v) is 4.16. The van der Waals surface area contributed by atoms with Gasteiger partial charge in [0.2, 0.25) is 5.91 Å². The van der Waals surface area contributed by atoms with Gasteiger partial charge in [-0.25, -0.2) is 4.68 Å². The van der Waals surface area contributed by atoms with E-state index in [0.717, 1.165) is 28.3 Å². The number of benzene rings is 2. The zero-order valence-corrected chi connectivity index (χ0v) is 14.6. The second-order valence-corrected chi connectivity index (χ2v) is 6.30. The van der Waals surface area contributed by atoms with Gasteiger partial charge < -0.3 is 5.32 Å². The lowest BCUT2D eigenvalue weighted by molar-refractivity contribution is -0.121. The molecule has 0 aliphatic rings. The molecule has 0 unspecified atom stereocenters. The molecule has 0 atom stereocenters. The average molecular weight is 354 g/mol. The number of nitrogens with one attached hydrogen (secondary N) is 1. The van der Waals surface area contributed by atoms with E-state index in [1.807, 2.05) is 71.7 Å². The Labute approximate surface area is 152 Å². The highest BCUT2D eigenvalue weighted by molar-refractivity contribution is 6.30. The highest BCUT2D eigenvalue weighted by atomic mass is 35.5. The van der Waals surface area contributed by atoms with Gasteiger partial charge in [0.05, 0.1) is 11.9 Å². The molecule has 0 fully saturated rings. The lowest BCUT2D eigenvalue weighted by Gasteiger charge is -2.05. The molecular weight excluding hydrogens is 334 g/mol. The van der Waals surface area contributed by atoms with Crippen molar-refractivity contribution in [2.45, 2.75) is 19.3 Å². The molecule has 0 bridgehead atoms. The fourth-order valence-corrected chi connectivity index (χ4v) is 2.81. The number of amides is 1. The zero-order valence-electron chi connectivity index (χ0n) is 13.9. The molecule has 1 heterocycles. The lowest BCUT2D eigenvalue weighted by Crippen LogP contribution is -2.25. The van der Waals surface area contributed by atoms with Crippen LogP contribution in [0.2, 0.25) is 5.02 Å². The third-order valence-electron chi connectivity index (χ3n) is 3.92. The van der Waals surface area contributed by atoms with E-state index < -0.39 is 0 Å². The molecule has 128 valence electrons. The molecule has 3 rings (SSSR count). The molecule has 4 nitrogen and oxygen atoms in total. The van der Waals surface area contributed by atoms with Crippen molar-refractivity contribution in [3.8, 4) is 5.69 Å². The van der Waals surface area contributed by atoms with Crippen LogP contribution >= 0.6 is 11.6 Å². The number of carbonyl (C=O) groups is 1. The molecule has 0 saturated heterocycles. The summed E-state index contributed by atoms with van der Waals surface area (Å²) in [6.45, 7) is 0.614. The van der Waals surface area contributed by atoms with Crippen LogP contribution in [0, 0.1) is 0 Å². The van der Waals surface area contributed by atoms with E-state index >= 15 is 0 Å². The average Bonchev–Trinajstić information content (AvgIpc) is 3.10. The number of carbonyl (C=O) groups excluding carboxylic acids is 1. The first-order chi connectivity index (χ1) is 12.2. The minimum Gasteiger partial charge on any atom is -0.356 e. The zero-order chi connectivity index (χ0) is 17.5. The first kappa shape index (κ1) is 17.2. The first-order valence-electron chi connectivity index (χ1n) is 8.31. The second-order valence-electron chi connectivity index (χ2n) is 5.86. The van der Waals surface area contributed by atoms with E-state index in [1.165, 1.54) is 0 Å². The summed E-state index contributed by atoms with van der Waals surface area (Å²) in [6.07, 6.45) is 5.69. The molecule has 0 aliphatic carbocycles. The summed E-state index contributed by atoms with van der Waals surface area (Å²) in [5.41, 5.74) is 3.19. The normalized spacial score (nSPS) is 10.6. The van der Waals surface area contributed by atoms with Crippen molar-refractivity contribution in [3.05, 3.63) is 83.1 Å². The molecule has 25 heavy (non-hydrogen) atoms. The van der Waals surface area contributed by atoms with Crippen molar-refractivity contribution in [1.82, 2.24) is 15.1 Å².